The van der Waals surface area contributed by atoms with Crippen molar-refractivity contribution in [1.82, 2.24) is 14.8 Å². The summed E-state index contributed by atoms with van der Waals surface area (Å²) >= 11 is 1.48. The van der Waals surface area contributed by atoms with Crippen LogP contribution in [0.5, 0.6) is 0 Å². The maximum absolute atomic E-state index is 12.7. The van der Waals surface area contributed by atoms with Crippen LogP contribution < -0.4 is 5.32 Å². The molecule has 6 heteroatoms. The van der Waals surface area contributed by atoms with Crippen LogP contribution in [-0.2, 0) is 13.0 Å². The Hall–Kier alpha value is -2.47. The van der Waals surface area contributed by atoms with Crippen molar-refractivity contribution in [2.24, 2.45) is 0 Å². The third-order valence-corrected chi connectivity index (χ3v) is 5.05. The zero-order chi connectivity index (χ0) is 17.8. The van der Waals surface area contributed by atoms with E-state index < -0.39 is 0 Å². The van der Waals surface area contributed by atoms with Gasteiger partial charge < -0.3 is 5.32 Å². The molecule has 0 aliphatic heterocycles. The van der Waals surface area contributed by atoms with Gasteiger partial charge in [0.25, 0.3) is 5.91 Å². The average Bonchev–Trinajstić information content (AvgIpc) is 3.11. The third kappa shape index (κ3) is 4.14. The van der Waals surface area contributed by atoms with E-state index in [1.807, 2.05) is 54.9 Å². The maximum Gasteiger partial charge on any atom is 0.268 e. The number of carbonyl (C=O) groups is 1. The lowest BCUT2D eigenvalue weighted by Crippen LogP contribution is -2.16. The minimum Gasteiger partial charge on any atom is -0.306 e. The molecule has 0 bridgehead atoms. The highest BCUT2D eigenvalue weighted by atomic mass is 32.1. The summed E-state index contributed by atoms with van der Waals surface area (Å²) in [4.78, 5) is 17.9. The molecule has 0 saturated heterocycles. The number of aromatic nitrogens is 3. The quantitative estimate of drug-likeness (QED) is 0.721. The highest BCUT2D eigenvalue weighted by Gasteiger charge is 2.17. The van der Waals surface area contributed by atoms with Crippen molar-refractivity contribution in [3.05, 3.63) is 63.2 Å². The van der Waals surface area contributed by atoms with Crippen LogP contribution in [0.15, 0.2) is 36.4 Å². The molecule has 3 aromatic rings. The molecule has 0 unspecified atom stereocenters. The standard InChI is InChI=1S/C19H22N4OS/c1-4-8-17-20-14(3)18(25-17)19(24)21-16-11-13(2)22-23(16)12-15-9-6-5-7-10-15/h5-7,9-11H,4,8,12H2,1-3H3,(H,21,24). The number of hydrogen-bond donors (Lipinski definition) is 1. The molecule has 2 aromatic heterocycles. The number of hydrogen-bond acceptors (Lipinski definition) is 4. The number of anilines is 1. The predicted molar refractivity (Wildman–Crippen MR) is 101 cm³/mol. The lowest BCUT2D eigenvalue weighted by Gasteiger charge is -2.08. The lowest BCUT2D eigenvalue weighted by molar-refractivity contribution is 0.102. The summed E-state index contributed by atoms with van der Waals surface area (Å²) in [7, 11) is 0. The molecule has 2 heterocycles. The minimum absolute atomic E-state index is 0.119. The zero-order valence-electron chi connectivity index (χ0n) is 14.7. The van der Waals surface area contributed by atoms with E-state index in [0.717, 1.165) is 34.8 Å². The number of thiazole rings is 1. The summed E-state index contributed by atoms with van der Waals surface area (Å²) in [6, 6.07) is 12.0. The molecule has 0 saturated carbocycles. The molecule has 0 aliphatic carbocycles. The van der Waals surface area contributed by atoms with E-state index in [0.29, 0.717) is 17.2 Å². The SMILES string of the molecule is CCCc1nc(C)c(C(=O)Nc2cc(C)nn2Cc2ccccc2)s1. The van der Waals surface area contributed by atoms with Crippen LogP contribution in [0.3, 0.4) is 0 Å². The summed E-state index contributed by atoms with van der Waals surface area (Å²) in [6.45, 7) is 6.54. The van der Waals surface area contributed by atoms with Gasteiger partial charge in [-0.2, -0.15) is 5.10 Å². The largest absolute Gasteiger partial charge is 0.306 e. The van der Waals surface area contributed by atoms with Crippen LogP contribution in [0.25, 0.3) is 0 Å². The normalized spacial score (nSPS) is 10.8. The molecule has 130 valence electrons. The second-order valence-corrected chi connectivity index (χ2v) is 7.12. The number of rotatable bonds is 6. The van der Waals surface area contributed by atoms with E-state index >= 15 is 0 Å². The van der Waals surface area contributed by atoms with E-state index in [4.69, 9.17) is 0 Å². The van der Waals surface area contributed by atoms with Gasteiger partial charge in [0.2, 0.25) is 0 Å². The second-order valence-electron chi connectivity index (χ2n) is 6.04. The van der Waals surface area contributed by atoms with Crippen molar-refractivity contribution in [1.29, 1.82) is 0 Å². The van der Waals surface area contributed by atoms with Gasteiger partial charge in [0.15, 0.2) is 0 Å². The highest BCUT2D eigenvalue weighted by molar-refractivity contribution is 7.13. The van der Waals surface area contributed by atoms with Gasteiger partial charge in [0.05, 0.1) is 22.9 Å². The van der Waals surface area contributed by atoms with E-state index in [1.54, 1.807) is 0 Å². The Morgan fingerprint density at radius 3 is 2.72 bits per heavy atom. The maximum atomic E-state index is 12.7. The van der Waals surface area contributed by atoms with Gasteiger partial charge in [-0.3, -0.25) is 4.79 Å². The molecule has 0 radical (unpaired) electrons. The van der Waals surface area contributed by atoms with Gasteiger partial charge in [-0.1, -0.05) is 37.3 Å². The number of nitrogens with one attached hydrogen (secondary N) is 1. The summed E-state index contributed by atoms with van der Waals surface area (Å²) in [5, 5.41) is 8.51. The van der Waals surface area contributed by atoms with Gasteiger partial charge in [0.1, 0.15) is 10.7 Å². The summed E-state index contributed by atoms with van der Waals surface area (Å²) < 4.78 is 1.83. The lowest BCUT2D eigenvalue weighted by atomic mass is 10.2. The van der Waals surface area contributed by atoms with Crippen LogP contribution in [0.4, 0.5) is 5.82 Å². The molecule has 0 fully saturated rings. The average molecular weight is 354 g/mol. The second kappa shape index (κ2) is 7.61. The summed E-state index contributed by atoms with van der Waals surface area (Å²) in [5.41, 5.74) is 2.80. The van der Waals surface area contributed by atoms with Crippen LogP contribution in [0, 0.1) is 13.8 Å². The Labute approximate surface area is 151 Å². The van der Waals surface area contributed by atoms with Gasteiger partial charge >= 0.3 is 0 Å². The van der Waals surface area contributed by atoms with Crippen molar-refractivity contribution in [2.45, 2.75) is 40.2 Å². The number of nitrogens with zero attached hydrogens (tertiary/aromatic N) is 3. The van der Waals surface area contributed by atoms with Gasteiger partial charge in [0, 0.05) is 6.07 Å². The Morgan fingerprint density at radius 2 is 2.00 bits per heavy atom. The third-order valence-electron chi connectivity index (χ3n) is 3.83. The zero-order valence-corrected chi connectivity index (χ0v) is 15.6. The summed E-state index contributed by atoms with van der Waals surface area (Å²) in [6.07, 6.45) is 1.93. The van der Waals surface area contributed by atoms with Crippen molar-refractivity contribution < 1.29 is 4.79 Å². The Morgan fingerprint density at radius 1 is 1.24 bits per heavy atom. The fourth-order valence-electron chi connectivity index (χ4n) is 2.68. The topological polar surface area (TPSA) is 59.8 Å². The molecule has 0 atom stereocenters. The smallest absolute Gasteiger partial charge is 0.268 e. The first-order valence-corrected chi connectivity index (χ1v) is 9.24. The molecule has 1 amide bonds. The first-order valence-electron chi connectivity index (χ1n) is 8.43. The molecule has 0 spiro atoms. The van der Waals surface area contributed by atoms with Crippen LogP contribution in [0.1, 0.15) is 45.0 Å². The summed E-state index contributed by atoms with van der Waals surface area (Å²) in [5.74, 6) is 0.586. The van der Waals surface area contributed by atoms with Crippen molar-refractivity contribution in [3.63, 3.8) is 0 Å². The molecule has 0 aliphatic rings. The molecule has 5 nitrogen and oxygen atoms in total. The van der Waals surface area contributed by atoms with Crippen molar-refractivity contribution in [3.8, 4) is 0 Å². The molecule has 3 rings (SSSR count). The molecular formula is C19H22N4OS. The highest BCUT2D eigenvalue weighted by Crippen LogP contribution is 2.21. The first-order chi connectivity index (χ1) is 12.1. The Balaban J connectivity index is 1.80. The molecular weight excluding hydrogens is 332 g/mol. The van der Waals surface area contributed by atoms with E-state index in [2.05, 4.69) is 22.3 Å². The van der Waals surface area contributed by atoms with Crippen LogP contribution in [-0.4, -0.2) is 20.7 Å². The Bertz CT molecular complexity index is 867. The van der Waals surface area contributed by atoms with Gasteiger partial charge in [-0.15, -0.1) is 11.3 Å². The monoisotopic (exact) mass is 354 g/mol. The fraction of sp³-hybridized carbons (Fsp3) is 0.316. The first kappa shape index (κ1) is 17.4. The number of carbonyl (C=O) groups excluding carboxylic acids is 1. The number of aryl methyl sites for hydroxylation is 3. The van der Waals surface area contributed by atoms with Crippen molar-refractivity contribution in [2.75, 3.05) is 5.32 Å². The van der Waals surface area contributed by atoms with E-state index in [1.165, 1.54) is 11.3 Å². The van der Waals surface area contributed by atoms with E-state index in [-0.39, 0.29) is 5.91 Å². The molecule has 25 heavy (non-hydrogen) atoms. The molecule has 1 N–H and O–H groups in total. The number of amides is 1. The molecule has 1 aromatic carbocycles. The number of benzene rings is 1. The Kier molecular flexibility index (Phi) is 5.28. The fourth-order valence-corrected chi connectivity index (χ4v) is 3.74. The van der Waals surface area contributed by atoms with Gasteiger partial charge in [-0.05, 0) is 32.3 Å². The van der Waals surface area contributed by atoms with Crippen LogP contribution in [0.2, 0.25) is 0 Å². The predicted octanol–water partition coefficient (Wildman–Crippen LogP) is 4.21. The van der Waals surface area contributed by atoms with Gasteiger partial charge in [-0.25, -0.2) is 9.67 Å². The minimum atomic E-state index is -0.119. The van der Waals surface area contributed by atoms with Crippen molar-refractivity contribution >= 4 is 23.1 Å². The van der Waals surface area contributed by atoms with E-state index in [9.17, 15) is 4.79 Å². The van der Waals surface area contributed by atoms with Crippen LogP contribution >= 0.6 is 11.3 Å².